The average Bonchev–Trinajstić information content (AvgIpc) is 2.73. The van der Waals surface area contributed by atoms with Crippen molar-refractivity contribution in [2.75, 3.05) is 37.6 Å². The molecule has 8 nitrogen and oxygen atoms in total. The SMILES string of the molecule is NC(=NCc1ccc2c(c1)C(=O)NCC2)N1CCN(c2ncccn2)CC1. The van der Waals surface area contributed by atoms with Gasteiger partial charge >= 0.3 is 0 Å². The number of guanidine groups is 1. The fraction of sp³-hybridized carbons (Fsp3) is 0.368. The van der Waals surface area contributed by atoms with Crippen molar-refractivity contribution in [2.45, 2.75) is 13.0 Å². The van der Waals surface area contributed by atoms with Crippen LogP contribution >= 0.6 is 0 Å². The summed E-state index contributed by atoms with van der Waals surface area (Å²) in [4.78, 5) is 29.3. The van der Waals surface area contributed by atoms with Gasteiger partial charge in [-0.2, -0.15) is 0 Å². The number of amides is 1. The van der Waals surface area contributed by atoms with Gasteiger partial charge in [-0.05, 0) is 29.7 Å². The third-order valence-electron chi connectivity index (χ3n) is 4.96. The van der Waals surface area contributed by atoms with E-state index in [0.717, 1.165) is 55.2 Å². The van der Waals surface area contributed by atoms with Crippen molar-refractivity contribution in [3.63, 3.8) is 0 Å². The van der Waals surface area contributed by atoms with Crippen LogP contribution in [0.15, 0.2) is 41.7 Å². The largest absolute Gasteiger partial charge is 0.370 e. The number of carbonyl (C=O) groups excluding carboxylic acids is 1. The molecule has 0 radical (unpaired) electrons. The van der Waals surface area contributed by atoms with E-state index in [2.05, 4.69) is 30.1 Å². The fourth-order valence-electron chi connectivity index (χ4n) is 3.42. The van der Waals surface area contributed by atoms with Crippen molar-refractivity contribution in [3.05, 3.63) is 53.3 Å². The molecule has 1 aromatic carbocycles. The molecule has 1 saturated heterocycles. The highest BCUT2D eigenvalue weighted by molar-refractivity contribution is 5.96. The molecule has 0 atom stereocenters. The Kier molecular flexibility index (Phi) is 4.86. The monoisotopic (exact) mass is 365 g/mol. The van der Waals surface area contributed by atoms with E-state index in [1.165, 1.54) is 0 Å². The molecule has 2 aliphatic heterocycles. The zero-order valence-electron chi connectivity index (χ0n) is 15.1. The Balaban J connectivity index is 1.36. The van der Waals surface area contributed by atoms with Crippen molar-refractivity contribution in [2.24, 2.45) is 10.7 Å². The van der Waals surface area contributed by atoms with Gasteiger partial charge in [0.05, 0.1) is 6.54 Å². The molecular formula is C19H23N7O. The van der Waals surface area contributed by atoms with Crippen LogP contribution in [0, 0.1) is 0 Å². The Morgan fingerprint density at radius 1 is 1.19 bits per heavy atom. The standard InChI is InChI=1S/C19H23N7O/c20-18(25-8-10-26(11-9-25)19-22-5-1-6-23-19)24-13-14-2-3-15-4-7-21-17(27)16(15)12-14/h1-3,5-6,12H,4,7-11,13H2,(H2,20,24)(H,21,27). The number of aromatic nitrogens is 2. The van der Waals surface area contributed by atoms with Crippen LogP contribution in [-0.4, -0.2) is 59.5 Å². The lowest BCUT2D eigenvalue weighted by atomic mass is 9.98. The number of rotatable bonds is 3. The molecule has 0 spiro atoms. The summed E-state index contributed by atoms with van der Waals surface area (Å²) in [5.74, 6) is 1.28. The highest BCUT2D eigenvalue weighted by Crippen LogP contribution is 2.17. The predicted octanol–water partition coefficient (Wildman–Crippen LogP) is 0.399. The molecule has 2 aromatic rings. The number of piperazine rings is 1. The van der Waals surface area contributed by atoms with E-state index in [9.17, 15) is 4.79 Å². The number of aliphatic imine (C=N–C) groups is 1. The number of hydrogen-bond acceptors (Lipinski definition) is 5. The highest BCUT2D eigenvalue weighted by Gasteiger charge is 2.20. The third-order valence-corrected chi connectivity index (χ3v) is 4.96. The summed E-state index contributed by atoms with van der Waals surface area (Å²) in [7, 11) is 0. The van der Waals surface area contributed by atoms with E-state index < -0.39 is 0 Å². The summed E-state index contributed by atoms with van der Waals surface area (Å²) in [6.07, 6.45) is 4.38. The second-order valence-corrected chi connectivity index (χ2v) is 6.69. The lowest BCUT2D eigenvalue weighted by Crippen LogP contribution is -2.51. The number of anilines is 1. The molecule has 0 saturated carbocycles. The molecule has 0 unspecified atom stereocenters. The van der Waals surface area contributed by atoms with Gasteiger partial charge in [-0.3, -0.25) is 4.79 Å². The first kappa shape index (κ1) is 17.3. The maximum Gasteiger partial charge on any atom is 0.251 e. The second-order valence-electron chi connectivity index (χ2n) is 6.69. The summed E-state index contributed by atoms with van der Waals surface area (Å²) < 4.78 is 0. The van der Waals surface area contributed by atoms with Gasteiger partial charge in [-0.15, -0.1) is 0 Å². The van der Waals surface area contributed by atoms with Crippen LogP contribution in [0.25, 0.3) is 0 Å². The molecule has 3 heterocycles. The minimum atomic E-state index is -0.00527. The van der Waals surface area contributed by atoms with Crippen LogP contribution < -0.4 is 16.0 Å². The number of carbonyl (C=O) groups is 1. The summed E-state index contributed by atoms with van der Waals surface area (Å²) in [6, 6.07) is 7.78. The molecule has 4 rings (SSSR count). The fourth-order valence-corrected chi connectivity index (χ4v) is 3.42. The Labute approximate surface area is 158 Å². The molecule has 1 aromatic heterocycles. The smallest absolute Gasteiger partial charge is 0.251 e. The number of nitrogens with one attached hydrogen (secondary N) is 1. The number of nitrogens with zero attached hydrogens (tertiary/aromatic N) is 5. The van der Waals surface area contributed by atoms with Crippen molar-refractivity contribution in [1.29, 1.82) is 0 Å². The minimum absolute atomic E-state index is 0.00527. The second kappa shape index (κ2) is 7.61. The van der Waals surface area contributed by atoms with Gasteiger partial charge in [0.2, 0.25) is 5.95 Å². The summed E-state index contributed by atoms with van der Waals surface area (Å²) >= 11 is 0. The van der Waals surface area contributed by atoms with Gasteiger partial charge in [0, 0.05) is 50.7 Å². The van der Waals surface area contributed by atoms with E-state index in [1.807, 2.05) is 24.3 Å². The maximum atomic E-state index is 12.0. The first-order valence-electron chi connectivity index (χ1n) is 9.17. The predicted molar refractivity (Wildman–Crippen MR) is 104 cm³/mol. The lowest BCUT2D eigenvalue weighted by Gasteiger charge is -2.35. The van der Waals surface area contributed by atoms with Crippen molar-refractivity contribution in [1.82, 2.24) is 20.2 Å². The van der Waals surface area contributed by atoms with Crippen LogP contribution in [0.3, 0.4) is 0 Å². The first-order valence-corrected chi connectivity index (χ1v) is 9.17. The molecule has 1 amide bonds. The van der Waals surface area contributed by atoms with Gasteiger partial charge in [0.15, 0.2) is 5.96 Å². The Bertz CT molecular complexity index is 844. The Hall–Kier alpha value is -3.16. The van der Waals surface area contributed by atoms with Gasteiger partial charge in [-0.1, -0.05) is 12.1 Å². The van der Waals surface area contributed by atoms with Crippen molar-refractivity contribution >= 4 is 17.8 Å². The van der Waals surface area contributed by atoms with E-state index in [1.54, 1.807) is 12.4 Å². The molecule has 8 heteroatoms. The average molecular weight is 365 g/mol. The number of fused-ring (bicyclic) bond motifs is 1. The molecule has 140 valence electrons. The van der Waals surface area contributed by atoms with Crippen molar-refractivity contribution in [3.8, 4) is 0 Å². The van der Waals surface area contributed by atoms with Crippen LogP contribution in [0.2, 0.25) is 0 Å². The molecule has 27 heavy (non-hydrogen) atoms. The van der Waals surface area contributed by atoms with Crippen LogP contribution in [0.4, 0.5) is 5.95 Å². The van der Waals surface area contributed by atoms with Crippen molar-refractivity contribution < 1.29 is 4.79 Å². The van der Waals surface area contributed by atoms with Gasteiger partial charge in [0.25, 0.3) is 5.91 Å². The molecule has 1 fully saturated rings. The van der Waals surface area contributed by atoms with E-state index >= 15 is 0 Å². The van der Waals surface area contributed by atoms with Crippen LogP contribution in [-0.2, 0) is 13.0 Å². The van der Waals surface area contributed by atoms with E-state index in [-0.39, 0.29) is 5.91 Å². The topological polar surface area (TPSA) is 99.7 Å². The Morgan fingerprint density at radius 3 is 2.74 bits per heavy atom. The van der Waals surface area contributed by atoms with E-state index in [0.29, 0.717) is 19.0 Å². The minimum Gasteiger partial charge on any atom is -0.370 e. The first-order chi connectivity index (χ1) is 13.2. The van der Waals surface area contributed by atoms with Gasteiger partial charge in [-0.25, -0.2) is 15.0 Å². The number of hydrogen-bond donors (Lipinski definition) is 2. The zero-order chi connectivity index (χ0) is 18.6. The van der Waals surface area contributed by atoms with Crippen LogP contribution in [0.1, 0.15) is 21.5 Å². The maximum absolute atomic E-state index is 12.0. The third kappa shape index (κ3) is 3.84. The van der Waals surface area contributed by atoms with Gasteiger partial charge in [0.1, 0.15) is 0 Å². The lowest BCUT2D eigenvalue weighted by molar-refractivity contribution is 0.0946. The number of nitrogens with two attached hydrogens (primary N) is 1. The highest BCUT2D eigenvalue weighted by atomic mass is 16.1. The Morgan fingerprint density at radius 2 is 1.96 bits per heavy atom. The molecule has 2 aliphatic rings. The molecule has 0 bridgehead atoms. The zero-order valence-corrected chi connectivity index (χ0v) is 15.1. The summed E-state index contributed by atoms with van der Waals surface area (Å²) in [6.45, 7) is 4.34. The number of benzene rings is 1. The summed E-state index contributed by atoms with van der Waals surface area (Å²) in [5.41, 5.74) is 9.03. The molecular weight excluding hydrogens is 342 g/mol. The quantitative estimate of drug-likeness (QED) is 0.603. The molecule has 0 aliphatic carbocycles. The summed E-state index contributed by atoms with van der Waals surface area (Å²) in [5, 5.41) is 2.88. The van der Waals surface area contributed by atoms with Gasteiger partial charge < -0.3 is 20.9 Å². The molecule has 3 N–H and O–H groups in total. The van der Waals surface area contributed by atoms with Crippen LogP contribution in [0.5, 0.6) is 0 Å². The van der Waals surface area contributed by atoms with E-state index in [4.69, 9.17) is 5.73 Å². The normalized spacial score (nSPS) is 17.5.